The lowest BCUT2D eigenvalue weighted by atomic mass is 9.82. The number of hydrogen-bond donors (Lipinski definition) is 1. The summed E-state index contributed by atoms with van der Waals surface area (Å²) in [4.78, 5) is 21.4. The molecular formula is C22H29N3OS. The lowest BCUT2D eigenvalue weighted by molar-refractivity contribution is -0.122. The monoisotopic (exact) mass is 383 g/mol. The molecule has 27 heavy (non-hydrogen) atoms. The number of aromatic nitrogens is 2. The van der Waals surface area contributed by atoms with Crippen molar-refractivity contribution in [2.75, 3.05) is 6.26 Å². The molecule has 0 aliphatic heterocycles. The SMILES string of the molecule is CSc1nc(C)c(CCC(=O)NC2CCC(c3ccccc3)CC2)c(C)n1. The average Bonchev–Trinajstić information content (AvgIpc) is 2.68. The van der Waals surface area contributed by atoms with Crippen molar-refractivity contribution in [2.45, 2.75) is 69.5 Å². The van der Waals surface area contributed by atoms with Crippen molar-refractivity contribution < 1.29 is 4.79 Å². The van der Waals surface area contributed by atoms with Crippen LogP contribution < -0.4 is 5.32 Å². The van der Waals surface area contributed by atoms with E-state index in [1.165, 1.54) is 5.56 Å². The Balaban J connectivity index is 1.47. The van der Waals surface area contributed by atoms with E-state index in [-0.39, 0.29) is 5.91 Å². The van der Waals surface area contributed by atoms with Gasteiger partial charge in [0.1, 0.15) is 0 Å². The maximum Gasteiger partial charge on any atom is 0.220 e. The van der Waals surface area contributed by atoms with Crippen LogP contribution in [0.15, 0.2) is 35.5 Å². The highest BCUT2D eigenvalue weighted by atomic mass is 32.2. The third-order valence-corrected chi connectivity index (χ3v) is 6.10. The van der Waals surface area contributed by atoms with E-state index in [9.17, 15) is 4.79 Å². The minimum absolute atomic E-state index is 0.144. The first-order chi connectivity index (χ1) is 13.1. The third kappa shape index (κ3) is 5.32. The fourth-order valence-electron chi connectivity index (χ4n) is 4.00. The average molecular weight is 384 g/mol. The molecule has 0 spiro atoms. The summed E-state index contributed by atoms with van der Waals surface area (Å²) in [6.07, 6.45) is 7.62. The molecule has 1 amide bonds. The molecule has 1 aliphatic rings. The Morgan fingerprint density at radius 2 is 1.70 bits per heavy atom. The molecule has 1 aromatic carbocycles. The van der Waals surface area contributed by atoms with Crippen LogP contribution in [0, 0.1) is 13.8 Å². The summed E-state index contributed by atoms with van der Waals surface area (Å²) in [5.74, 6) is 0.780. The second kappa shape index (κ2) is 9.36. The van der Waals surface area contributed by atoms with E-state index in [0.717, 1.165) is 47.8 Å². The molecule has 3 rings (SSSR count). The summed E-state index contributed by atoms with van der Waals surface area (Å²) in [6.45, 7) is 4.01. The molecule has 0 atom stereocenters. The molecule has 144 valence electrons. The van der Waals surface area contributed by atoms with Gasteiger partial charge in [-0.15, -0.1) is 0 Å². The molecule has 0 unspecified atom stereocenters. The zero-order valence-corrected chi connectivity index (χ0v) is 17.3. The van der Waals surface area contributed by atoms with Gasteiger partial charge in [0.25, 0.3) is 0 Å². The van der Waals surface area contributed by atoms with Crippen molar-refractivity contribution in [2.24, 2.45) is 0 Å². The van der Waals surface area contributed by atoms with E-state index in [1.807, 2.05) is 20.1 Å². The second-order valence-electron chi connectivity index (χ2n) is 7.39. The van der Waals surface area contributed by atoms with Crippen LogP contribution in [-0.2, 0) is 11.2 Å². The molecule has 1 fully saturated rings. The molecular weight excluding hydrogens is 354 g/mol. The second-order valence-corrected chi connectivity index (χ2v) is 8.16. The van der Waals surface area contributed by atoms with E-state index in [1.54, 1.807) is 11.8 Å². The normalized spacial score (nSPS) is 19.7. The van der Waals surface area contributed by atoms with E-state index in [4.69, 9.17) is 0 Å². The lowest BCUT2D eigenvalue weighted by Gasteiger charge is -2.29. The predicted molar refractivity (Wildman–Crippen MR) is 111 cm³/mol. The van der Waals surface area contributed by atoms with Crippen LogP contribution in [0.4, 0.5) is 0 Å². The Bertz CT molecular complexity index is 747. The fraction of sp³-hybridized carbons (Fsp3) is 0.500. The summed E-state index contributed by atoms with van der Waals surface area (Å²) in [5.41, 5.74) is 4.52. The van der Waals surface area contributed by atoms with Gasteiger partial charge in [0.2, 0.25) is 5.91 Å². The Labute approximate surface area is 166 Å². The van der Waals surface area contributed by atoms with Crippen molar-refractivity contribution in [3.63, 3.8) is 0 Å². The molecule has 5 heteroatoms. The number of nitrogens with zero attached hydrogens (tertiary/aromatic N) is 2. The Kier molecular flexibility index (Phi) is 6.89. The first-order valence-corrected chi connectivity index (χ1v) is 11.0. The molecule has 1 N–H and O–H groups in total. The number of thioether (sulfide) groups is 1. The minimum atomic E-state index is 0.144. The Morgan fingerprint density at radius 1 is 1.07 bits per heavy atom. The fourth-order valence-corrected chi connectivity index (χ4v) is 4.45. The maximum absolute atomic E-state index is 12.4. The van der Waals surface area contributed by atoms with E-state index >= 15 is 0 Å². The Morgan fingerprint density at radius 3 is 2.30 bits per heavy atom. The molecule has 0 saturated heterocycles. The van der Waals surface area contributed by atoms with E-state index in [0.29, 0.717) is 24.8 Å². The number of rotatable bonds is 6. The largest absolute Gasteiger partial charge is 0.353 e. The van der Waals surface area contributed by atoms with Crippen LogP contribution in [0.5, 0.6) is 0 Å². The summed E-state index contributed by atoms with van der Waals surface area (Å²) >= 11 is 1.55. The van der Waals surface area contributed by atoms with Gasteiger partial charge in [-0.1, -0.05) is 42.1 Å². The van der Waals surface area contributed by atoms with Crippen molar-refractivity contribution >= 4 is 17.7 Å². The minimum Gasteiger partial charge on any atom is -0.353 e. The summed E-state index contributed by atoms with van der Waals surface area (Å²) in [5, 5.41) is 4.04. The zero-order chi connectivity index (χ0) is 19.2. The van der Waals surface area contributed by atoms with E-state index < -0.39 is 0 Å². The number of amides is 1. The highest BCUT2D eigenvalue weighted by Gasteiger charge is 2.23. The molecule has 1 saturated carbocycles. The van der Waals surface area contributed by atoms with Gasteiger partial charge in [-0.2, -0.15) is 0 Å². The topological polar surface area (TPSA) is 54.9 Å². The smallest absolute Gasteiger partial charge is 0.220 e. The van der Waals surface area contributed by atoms with Crippen LogP contribution >= 0.6 is 11.8 Å². The molecule has 1 aliphatic carbocycles. The predicted octanol–water partition coefficient (Wildman–Crippen LogP) is 4.59. The van der Waals surface area contributed by atoms with Crippen molar-refractivity contribution in [3.8, 4) is 0 Å². The van der Waals surface area contributed by atoms with E-state index in [2.05, 4.69) is 45.6 Å². The van der Waals surface area contributed by atoms with Crippen LogP contribution in [-0.4, -0.2) is 28.2 Å². The third-order valence-electron chi connectivity index (χ3n) is 5.55. The van der Waals surface area contributed by atoms with Crippen molar-refractivity contribution in [1.82, 2.24) is 15.3 Å². The van der Waals surface area contributed by atoms with Gasteiger partial charge in [0.05, 0.1) is 0 Å². The highest BCUT2D eigenvalue weighted by molar-refractivity contribution is 7.98. The number of benzene rings is 1. The van der Waals surface area contributed by atoms with Crippen LogP contribution in [0.2, 0.25) is 0 Å². The number of aryl methyl sites for hydroxylation is 2. The Hall–Kier alpha value is -1.88. The van der Waals surface area contributed by atoms with Gasteiger partial charge in [0, 0.05) is 23.9 Å². The summed E-state index contributed by atoms with van der Waals surface area (Å²) in [6, 6.07) is 11.1. The lowest BCUT2D eigenvalue weighted by Crippen LogP contribution is -2.37. The van der Waals surface area contributed by atoms with Crippen molar-refractivity contribution in [3.05, 3.63) is 52.8 Å². The van der Waals surface area contributed by atoms with Gasteiger partial charge in [-0.3, -0.25) is 4.79 Å². The van der Waals surface area contributed by atoms with Gasteiger partial charge < -0.3 is 5.32 Å². The highest BCUT2D eigenvalue weighted by Crippen LogP contribution is 2.32. The molecule has 1 aromatic heterocycles. The first-order valence-electron chi connectivity index (χ1n) is 9.79. The van der Waals surface area contributed by atoms with Gasteiger partial charge in [-0.05, 0) is 69.3 Å². The zero-order valence-electron chi connectivity index (χ0n) is 16.5. The van der Waals surface area contributed by atoms with Crippen LogP contribution in [0.25, 0.3) is 0 Å². The molecule has 4 nitrogen and oxygen atoms in total. The summed E-state index contributed by atoms with van der Waals surface area (Å²) < 4.78 is 0. The van der Waals surface area contributed by atoms with Gasteiger partial charge in [0.15, 0.2) is 5.16 Å². The van der Waals surface area contributed by atoms with Crippen LogP contribution in [0.3, 0.4) is 0 Å². The number of carbonyl (C=O) groups is 1. The van der Waals surface area contributed by atoms with Crippen molar-refractivity contribution in [1.29, 1.82) is 0 Å². The molecule has 0 radical (unpaired) electrons. The van der Waals surface area contributed by atoms with Crippen LogP contribution in [0.1, 0.15) is 60.5 Å². The molecule has 2 aromatic rings. The standard InChI is InChI=1S/C22H29N3OS/c1-15-20(16(2)24-22(23-15)27-3)13-14-21(26)25-19-11-9-18(10-12-19)17-7-5-4-6-8-17/h4-8,18-19H,9-14H2,1-3H3,(H,25,26). The van der Waals surface area contributed by atoms with Gasteiger partial charge >= 0.3 is 0 Å². The number of nitrogens with one attached hydrogen (secondary N) is 1. The van der Waals surface area contributed by atoms with Gasteiger partial charge in [-0.25, -0.2) is 9.97 Å². The maximum atomic E-state index is 12.4. The quantitative estimate of drug-likeness (QED) is 0.585. The number of carbonyl (C=O) groups excluding carboxylic acids is 1. The number of hydrogen-bond acceptors (Lipinski definition) is 4. The first kappa shape index (κ1) is 19.9. The molecule has 1 heterocycles. The summed E-state index contributed by atoms with van der Waals surface area (Å²) in [7, 11) is 0. The molecule has 0 bridgehead atoms.